The Morgan fingerprint density at radius 3 is 2.55 bits per heavy atom. The van der Waals surface area contributed by atoms with Crippen LogP contribution in [0.4, 0.5) is 0 Å². The molecule has 2 N–H and O–H groups in total. The summed E-state index contributed by atoms with van der Waals surface area (Å²) in [7, 11) is 0. The molecule has 0 unspecified atom stereocenters. The number of hydrogen-bond acceptors (Lipinski definition) is 4. The van der Waals surface area contributed by atoms with Gasteiger partial charge in [-0.25, -0.2) is 0 Å². The molecule has 0 aliphatic carbocycles. The highest BCUT2D eigenvalue weighted by Gasteiger charge is 2.12. The number of benzene rings is 1. The largest absolute Gasteiger partial charge is 0.506 e. The highest BCUT2D eigenvalue weighted by molar-refractivity contribution is 5.46. The lowest BCUT2D eigenvalue weighted by Gasteiger charge is -2.13. The molecule has 1 heterocycles. The fourth-order valence-electron chi connectivity index (χ4n) is 2.15. The summed E-state index contributed by atoms with van der Waals surface area (Å²) in [5, 5.41) is 17.2. The van der Waals surface area contributed by atoms with E-state index in [0.29, 0.717) is 12.2 Å². The summed E-state index contributed by atoms with van der Waals surface area (Å²) in [6, 6.07) is 7.03. The van der Waals surface area contributed by atoms with Gasteiger partial charge in [-0.15, -0.1) is 0 Å². The van der Waals surface area contributed by atoms with Crippen molar-refractivity contribution in [2.75, 3.05) is 6.54 Å². The molecule has 0 saturated heterocycles. The molecular formula is C15H19N3O2. The normalized spacial score (nSPS) is 10.8. The van der Waals surface area contributed by atoms with Crippen molar-refractivity contribution in [2.45, 2.75) is 27.3 Å². The molecule has 2 rings (SSSR count). The quantitative estimate of drug-likeness (QED) is 0.889. The van der Waals surface area contributed by atoms with E-state index in [-0.39, 0.29) is 11.3 Å². The fourth-order valence-corrected chi connectivity index (χ4v) is 2.15. The molecule has 1 aromatic carbocycles. The Labute approximate surface area is 117 Å². The smallest absolute Gasteiger partial charge is 0.275 e. The number of aryl methyl sites for hydroxylation is 2. The molecule has 0 aliphatic rings. The van der Waals surface area contributed by atoms with Crippen LogP contribution < -0.4 is 10.9 Å². The first-order chi connectivity index (χ1) is 9.54. The minimum Gasteiger partial charge on any atom is -0.506 e. The van der Waals surface area contributed by atoms with Crippen LogP contribution in [0.1, 0.15) is 23.7 Å². The van der Waals surface area contributed by atoms with Gasteiger partial charge in [0.2, 0.25) is 0 Å². The lowest BCUT2D eigenvalue weighted by molar-refractivity contribution is 0.452. The first-order valence-corrected chi connectivity index (χ1v) is 6.64. The number of nitrogens with zero attached hydrogens (tertiary/aromatic N) is 2. The molecule has 1 aromatic heterocycles. The zero-order valence-electron chi connectivity index (χ0n) is 12.0. The molecule has 2 aromatic rings. The third-order valence-corrected chi connectivity index (χ3v) is 3.18. The Morgan fingerprint density at radius 1 is 1.30 bits per heavy atom. The minimum atomic E-state index is -0.333. The first kappa shape index (κ1) is 14.3. The van der Waals surface area contributed by atoms with Gasteiger partial charge in [-0.3, -0.25) is 4.79 Å². The topological polar surface area (TPSA) is 67.2 Å². The molecule has 20 heavy (non-hydrogen) atoms. The van der Waals surface area contributed by atoms with E-state index in [1.807, 2.05) is 39.0 Å². The van der Waals surface area contributed by atoms with Gasteiger partial charge in [0.1, 0.15) is 11.4 Å². The van der Waals surface area contributed by atoms with Crippen molar-refractivity contribution in [1.29, 1.82) is 0 Å². The third kappa shape index (κ3) is 2.72. The molecule has 0 amide bonds. The predicted molar refractivity (Wildman–Crippen MR) is 78.4 cm³/mol. The van der Waals surface area contributed by atoms with E-state index in [4.69, 9.17) is 0 Å². The summed E-state index contributed by atoms with van der Waals surface area (Å²) in [5.41, 5.74) is 2.85. The van der Waals surface area contributed by atoms with E-state index in [2.05, 4.69) is 10.4 Å². The molecule has 106 valence electrons. The number of aromatic nitrogens is 2. The highest BCUT2D eigenvalue weighted by Crippen LogP contribution is 2.18. The average molecular weight is 273 g/mol. The van der Waals surface area contributed by atoms with Crippen LogP contribution in [0.25, 0.3) is 5.69 Å². The second-order valence-corrected chi connectivity index (χ2v) is 4.75. The summed E-state index contributed by atoms with van der Waals surface area (Å²) < 4.78 is 1.36. The molecule has 0 radical (unpaired) electrons. The van der Waals surface area contributed by atoms with E-state index < -0.39 is 0 Å². The minimum absolute atomic E-state index is 0.0709. The number of nitrogens with one attached hydrogen (secondary N) is 1. The molecule has 0 fully saturated rings. The van der Waals surface area contributed by atoms with Crippen LogP contribution in [-0.4, -0.2) is 21.4 Å². The Balaban J connectivity index is 2.59. The van der Waals surface area contributed by atoms with Crippen molar-refractivity contribution in [3.63, 3.8) is 0 Å². The third-order valence-electron chi connectivity index (χ3n) is 3.18. The van der Waals surface area contributed by atoms with Gasteiger partial charge in [0.15, 0.2) is 0 Å². The van der Waals surface area contributed by atoms with Crippen molar-refractivity contribution < 1.29 is 5.11 Å². The molecule has 5 nitrogen and oxygen atoms in total. The van der Waals surface area contributed by atoms with Crippen molar-refractivity contribution in [3.8, 4) is 11.4 Å². The van der Waals surface area contributed by atoms with Crippen LogP contribution >= 0.6 is 0 Å². The maximum atomic E-state index is 12.1. The van der Waals surface area contributed by atoms with Gasteiger partial charge < -0.3 is 10.4 Å². The lowest BCUT2D eigenvalue weighted by Crippen LogP contribution is -2.25. The molecule has 0 spiro atoms. The van der Waals surface area contributed by atoms with Crippen LogP contribution in [0.15, 0.2) is 29.1 Å². The first-order valence-electron chi connectivity index (χ1n) is 6.64. The summed E-state index contributed by atoms with van der Waals surface area (Å²) in [5.74, 6) is -0.0709. The van der Waals surface area contributed by atoms with Crippen LogP contribution in [0, 0.1) is 13.8 Å². The summed E-state index contributed by atoms with van der Waals surface area (Å²) in [4.78, 5) is 12.1. The van der Waals surface area contributed by atoms with Crippen molar-refractivity contribution in [2.24, 2.45) is 0 Å². The second-order valence-electron chi connectivity index (χ2n) is 4.75. The zero-order valence-corrected chi connectivity index (χ0v) is 12.0. The maximum Gasteiger partial charge on any atom is 0.275 e. The Bertz CT molecular complexity index is 657. The zero-order chi connectivity index (χ0) is 14.7. The molecule has 0 saturated carbocycles. The number of hydrogen-bond donors (Lipinski definition) is 2. The summed E-state index contributed by atoms with van der Waals surface area (Å²) >= 11 is 0. The van der Waals surface area contributed by atoms with Crippen molar-refractivity contribution >= 4 is 0 Å². The van der Waals surface area contributed by atoms with E-state index in [9.17, 15) is 9.90 Å². The molecule has 5 heteroatoms. The Morgan fingerprint density at radius 2 is 1.95 bits per heavy atom. The van der Waals surface area contributed by atoms with Gasteiger partial charge in [0.25, 0.3) is 5.56 Å². The van der Waals surface area contributed by atoms with Gasteiger partial charge in [-0.1, -0.05) is 25.1 Å². The van der Waals surface area contributed by atoms with E-state index in [0.717, 1.165) is 23.4 Å². The van der Waals surface area contributed by atoms with Gasteiger partial charge in [0, 0.05) is 12.6 Å². The van der Waals surface area contributed by atoms with Gasteiger partial charge in [0.05, 0.1) is 5.69 Å². The van der Waals surface area contributed by atoms with E-state index >= 15 is 0 Å². The van der Waals surface area contributed by atoms with Crippen molar-refractivity contribution in [1.82, 2.24) is 15.1 Å². The Hall–Kier alpha value is -2.14. The number of rotatable bonds is 4. The van der Waals surface area contributed by atoms with Crippen LogP contribution in [-0.2, 0) is 6.54 Å². The predicted octanol–water partition coefficient (Wildman–Crippen LogP) is 1.66. The van der Waals surface area contributed by atoms with E-state index in [1.165, 1.54) is 10.7 Å². The number of para-hydroxylation sites is 1. The second kappa shape index (κ2) is 5.88. The standard InChI is InChI=1S/C15H19N3O2/c1-4-16-9-12-13(19)8-14(20)18(17-12)15-10(2)6-5-7-11(15)3/h5-8,16,19H,4,9H2,1-3H3. The fraction of sp³-hybridized carbons (Fsp3) is 0.333. The monoisotopic (exact) mass is 273 g/mol. The average Bonchev–Trinajstić information content (AvgIpc) is 2.39. The molecule has 0 aliphatic heterocycles. The number of aromatic hydroxyl groups is 1. The van der Waals surface area contributed by atoms with Crippen molar-refractivity contribution in [3.05, 3.63) is 51.4 Å². The summed E-state index contributed by atoms with van der Waals surface area (Å²) in [6.07, 6.45) is 0. The SMILES string of the molecule is CCNCc1nn(-c2c(C)cccc2C)c(=O)cc1O. The van der Waals surface area contributed by atoms with Gasteiger partial charge in [-0.05, 0) is 31.5 Å². The summed E-state index contributed by atoms with van der Waals surface area (Å²) in [6.45, 7) is 7.04. The molecule has 0 atom stereocenters. The van der Waals surface area contributed by atoms with Gasteiger partial charge in [-0.2, -0.15) is 9.78 Å². The van der Waals surface area contributed by atoms with Crippen LogP contribution in [0.2, 0.25) is 0 Å². The highest BCUT2D eigenvalue weighted by atomic mass is 16.3. The van der Waals surface area contributed by atoms with Crippen LogP contribution in [0.5, 0.6) is 5.75 Å². The lowest BCUT2D eigenvalue weighted by atomic mass is 10.1. The molecular weight excluding hydrogens is 254 g/mol. The van der Waals surface area contributed by atoms with E-state index in [1.54, 1.807) is 0 Å². The van der Waals surface area contributed by atoms with Gasteiger partial charge >= 0.3 is 0 Å². The maximum absolute atomic E-state index is 12.1. The Kier molecular flexibility index (Phi) is 4.20. The molecule has 0 bridgehead atoms. The van der Waals surface area contributed by atoms with Crippen LogP contribution in [0.3, 0.4) is 0 Å².